The molecule has 2 aromatic carbocycles. The first-order valence-electron chi connectivity index (χ1n) is 9.66. The van der Waals surface area contributed by atoms with Gasteiger partial charge >= 0.3 is 17.9 Å². The van der Waals surface area contributed by atoms with Crippen LogP contribution in [-0.4, -0.2) is 37.2 Å². The van der Waals surface area contributed by atoms with Crippen molar-refractivity contribution < 1.29 is 37.7 Å². The van der Waals surface area contributed by atoms with E-state index in [1.165, 1.54) is 0 Å². The van der Waals surface area contributed by atoms with Crippen LogP contribution in [0.2, 0.25) is 0 Å². The van der Waals surface area contributed by atoms with Crippen molar-refractivity contribution in [2.45, 2.75) is 5.92 Å². The van der Waals surface area contributed by atoms with E-state index >= 15 is 0 Å². The molecule has 0 saturated carbocycles. The molecule has 9 nitrogen and oxygen atoms in total. The van der Waals surface area contributed by atoms with Crippen molar-refractivity contribution in [2.24, 2.45) is 5.73 Å². The lowest BCUT2D eigenvalue weighted by Crippen LogP contribution is -2.41. The van der Waals surface area contributed by atoms with Crippen molar-refractivity contribution in [3.05, 3.63) is 86.3 Å². The van der Waals surface area contributed by atoms with Gasteiger partial charge in [0.05, 0.1) is 53.1 Å². The number of nitrogens with zero attached hydrogens (tertiary/aromatic N) is 2. The number of ether oxygens (including phenoxy) is 2. The van der Waals surface area contributed by atoms with E-state index in [0.29, 0.717) is 16.5 Å². The van der Waals surface area contributed by atoms with Gasteiger partial charge in [-0.3, -0.25) is 4.90 Å². The number of nitrogens with two attached hydrogens (primary N) is 1. The normalized spacial score (nSPS) is 15.5. The van der Waals surface area contributed by atoms with Crippen LogP contribution in [-0.2, 0) is 19.1 Å². The number of rotatable bonds is 5. The number of hydrogen-bond donors (Lipinski definition) is 2. The molecular formula is C23H16BrF2N3O6. The summed E-state index contributed by atoms with van der Waals surface area (Å²) in [5.74, 6) is -8.69. The van der Waals surface area contributed by atoms with Crippen molar-refractivity contribution in [3.8, 4) is 6.07 Å². The number of esters is 2. The molecule has 0 spiro atoms. The van der Waals surface area contributed by atoms with E-state index in [2.05, 4.69) is 15.9 Å². The molecule has 0 radical (unpaired) electrons. The molecule has 3 N–H and O–H groups in total. The lowest BCUT2D eigenvalue weighted by Gasteiger charge is -2.36. The van der Waals surface area contributed by atoms with Crippen molar-refractivity contribution >= 4 is 39.5 Å². The summed E-state index contributed by atoms with van der Waals surface area (Å²) in [4.78, 5) is 38.7. The molecule has 0 bridgehead atoms. The molecule has 3 rings (SSSR count). The molecular weight excluding hydrogens is 532 g/mol. The number of carbonyl (C=O) groups excluding carboxylic acids is 2. The van der Waals surface area contributed by atoms with Gasteiger partial charge in [0.2, 0.25) is 0 Å². The van der Waals surface area contributed by atoms with Gasteiger partial charge in [-0.1, -0.05) is 30.3 Å². The number of anilines is 1. The maximum absolute atomic E-state index is 14.6. The second-order valence-electron chi connectivity index (χ2n) is 7.02. The lowest BCUT2D eigenvalue weighted by atomic mass is 9.80. The Labute approximate surface area is 205 Å². The Morgan fingerprint density at radius 3 is 2.26 bits per heavy atom. The minimum Gasteiger partial charge on any atom is -0.478 e. The Hall–Kier alpha value is -4.24. The van der Waals surface area contributed by atoms with E-state index in [4.69, 9.17) is 15.2 Å². The fourth-order valence-electron chi connectivity index (χ4n) is 3.71. The zero-order valence-electron chi connectivity index (χ0n) is 18.1. The molecule has 2 aromatic rings. The summed E-state index contributed by atoms with van der Waals surface area (Å²) < 4.78 is 37.6. The number of carboxylic acid groups (broad SMARTS) is 1. The summed E-state index contributed by atoms with van der Waals surface area (Å²) in [5, 5.41) is 19.7. The Kier molecular flexibility index (Phi) is 7.21. The van der Waals surface area contributed by atoms with Crippen LogP contribution >= 0.6 is 15.9 Å². The largest absolute Gasteiger partial charge is 0.478 e. The second kappa shape index (κ2) is 9.94. The first kappa shape index (κ1) is 25.4. The molecule has 180 valence electrons. The number of methoxy groups -OCH3 is 2. The van der Waals surface area contributed by atoms with E-state index in [1.807, 2.05) is 6.07 Å². The van der Waals surface area contributed by atoms with Crippen LogP contribution in [0, 0.1) is 23.0 Å². The Morgan fingerprint density at radius 1 is 1.14 bits per heavy atom. The monoisotopic (exact) mass is 547 g/mol. The fourth-order valence-corrected chi connectivity index (χ4v) is 4.29. The van der Waals surface area contributed by atoms with Gasteiger partial charge in [-0.15, -0.1) is 0 Å². The van der Waals surface area contributed by atoms with Gasteiger partial charge < -0.3 is 20.3 Å². The third kappa shape index (κ3) is 4.22. The number of halogens is 3. The number of hydrogen-bond acceptors (Lipinski definition) is 8. The maximum Gasteiger partial charge on any atom is 0.355 e. The van der Waals surface area contributed by atoms with Crippen molar-refractivity contribution in [2.75, 3.05) is 19.1 Å². The van der Waals surface area contributed by atoms with Gasteiger partial charge in [0.25, 0.3) is 0 Å². The smallest absolute Gasteiger partial charge is 0.355 e. The van der Waals surface area contributed by atoms with Crippen LogP contribution in [0.3, 0.4) is 0 Å². The van der Waals surface area contributed by atoms with E-state index < -0.39 is 68.3 Å². The van der Waals surface area contributed by atoms with Crippen LogP contribution in [0.5, 0.6) is 0 Å². The maximum atomic E-state index is 14.6. The molecule has 1 aliphatic heterocycles. The second-order valence-corrected chi connectivity index (χ2v) is 7.82. The van der Waals surface area contributed by atoms with Crippen LogP contribution in [0.25, 0.3) is 0 Å². The van der Waals surface area contributed by atoms with Crippen molar-refractivity contribution in [3.63, 3.8) is 0 Å². The topological polar surface area (TPSA) is 143 Å². The number of allylic oxidation sites excluding steroid dienone is 1. The van der Waals surface area contributed by atoms with Crippen molar-refractivity contribution in [1.29, 1.82) is 5.26 Å². The molecule has 35 heavy (non-hydrogen) atoms. The summed E-state index contributed by atoms with van der Waals surface area (Å²) in [6.07, 6.45) is 0. The zero-order valence-corrected chi connectivity index (χ0v) is 19.7. The molecule has 1 aliphatic rings. The van der Waals surface area contributed by atoms with Gasteiger partial charge in [0.1, 0.15) is 11.5 Å². The number of aromatic carboxylic acids is 1. The number of benzene rings is 2. The van der Waals surface area contributed by atoms with E-state index in [-0.39, 0.29) is 5.57 Å². The Morgan fingerprint density at radius 2 is 1.74 bits per heavy atom. The van der Waals surface area contributed by atoms with Gasteiger partial charge in [-0.25, -0.2) is 23.2 Å². The standard InChI is InChI=1S/C23H16BrF2N3O6/c1-34-22(32)15-14(10-6-4-3-5-7-10)12(9-27)20(28)29(19(15)23(33)35-2)18-11(21(30)31)8-13(25)17(26)16(18)24/h3-8,14H,28H2,1-2H3,(H,30,31). The number of carboxylic acids is 1. The summed E-state index contributed by atoms with van der Waals surface area (Å²) in [5.41, 5.74) is 3.83. The predicted octanol–water partition coefficient (Wildman–Crippen LogP) is 3.32. The van der Waals surface area contributed by atoms with Crippen LogP contribution in [0.4, 0.5) is 14.5 Å². The Balaban J connectivity index is 2.56. The highest BCUT2D eigenvalue weighted by Gasteiger charge is 2.44. The highest BCUT2D eigenvalue weighted by Crippen LogP contribution is 2.46. The average Bonchev–Trinajstić information content (AvgIpc) is 2.86. The quantitative estimate of drug-likeness (QED) is 0.425. The molecule has 12 heteroatoms. The number of carbonyl (C=O) groups is 3. The summed E-state index contributed by atoms with van der Waals surface area (Å²) in [6.45, 7) is 0. The van der Waals surface area contributed by atoms with Gasteiger partial charge in [0.15, 0.2) is 11.6 Å². The molecule has 0 fully saturated rings. The van der Waals surface area contributed by atoms with Crippen molar-refractivity contribution in [1.82, 2.24) is 0 Å². The highest BCUT2D eigenvalue weighted by molar-refractivity contribution is 9.10. The Bertz CT molecular complexity index is 1350. The predicted molar refractivity (Wildman–Crippen MR) is 121 cm³/mol. The molecule has 1 unspecified atom stereocenters. The molecule has 0 aromatic heterocycles. The minimum absolute atomic E-state index is 0.280. The molecule has 0 saturated heterocycles. The third-order valence-corrected chi connectivity index (χ3v) is 5.92. The first-order valence-corrected chi connectivity index (χ1v) is 10.5. The average molecular weight is 548 g/mol. The van der Waals surface area contributed by atoms with E-state index in [1.54, 1.807) is 30.3 Å². The van der Waals surface area contributed by atoms with Crippen LogP contribution in [0.15, 0.2) is 63.5 Å². The zero-order chi connectivity index (χ0) is 26.0. The first-order chi connectivity index (χ1) is 16.6. The van der Waals surface area contributed by atoms with E-state index in [9.17, 15) is 33.5 Å². The van der Waals surface area contributed by atoms with Gasteiger partial charge in [0, 0.05) is 0 Å². The SMILES string of the molecule is COC(=O)C1=C(C(=O)OC)N(c2c(C(=O)O)cc(F)c(F)c2Br)C(N)=C(C#N)C1c1ccccc1. The fraction of sp³-hybridized carbons (Fsp3) is 0.130. The molecule has 0 amide bonds. The van der Waals surface area contributed by atoms with E-state index in [0.717, 1.165) is 14.2 Å². The number of nitriles is 1. The summed E-state index contributed by atoms with van der Waals surface area (Å²) >= 11 is 2.82. The third-order valence-electron chi connectivity index (χ3n) is 5.20. The minimum atomic E-state index is -1.71. The molecule has 1 atom stereocenters. The summed E-state index contributed by atoms with van der Waals surface area (Å²) in [7, 11) is 2.01. The van der Waals surface area contributed by atoms with Gasteiger partial charge in [-0.05, 0) is 27.6 Å². The molecule has 1 heterocycles. The van der Waals surface area contributed by atoms with Crippen LogP contribution < -0.4 is 10.6 Å². The van der Waals surface area contributed by atoms with Gasteiger partial charge in [-0.2, -0.15) is 5.26 Å². The highest BCUT2D eigenvalue weighted by atomic mass is 79.9. The lowest BCUT2D eigenvalue weighted by molar-refractivity contribution is -0.139. The summed E-state index contributed by atoms with van der Waals surface area (Å²) in [6, 6.07) is 10.3. The van der Waals surface area contributed by atoms with Crippen LogP contribution in [0.1, 0.15) is 21.8 Å². The molecule has 0 aliphatic carbocycles.